The fourth-order valence-electron chi connectivity index (χ4n) is 0.470. The van der Waals surface area contributed by atoms with Gasteiger partial charge in [0.15, 0.2) is 5.16 Å². The molecule has 1 rings (SSSR count). The molecule has 0 unspecified atom stereocenters. The zero-order valence-electron chi connectivity index (χ0n) is 7.34. The molecule has 0 aliphatic rings. The summed E-state index contributed by atoms with van der Waals surface area (Å²) in [4.78, 5) is 7.78. The maximum Gasteiger partial charge on any atom is 0.187 e. The number of alkyl halides is 1. The minimum atomic E-state index is -1.88. The highest BCUT2D eigenvalue weighted by molar-refractivity contribution is 7.98. The van der Waals surface area contributed by atoms with Crippen LogP contribution >= 0.6 is 23.4 Å². The van der Waals surface area contributed by atoms with Crippen LogP contribution in [0.25, 0.3) is 0 Å². The highest BCUT2D eigenvalue weighted by Gasteiger charge is 1.92. The molecule has 0 saturated heterocycles. The molecule has 62 valence electrons. The van der Waals surface area contributed by atoms with Crippen LogP contribution in [0.1, 0.15) is 15.7 Å². The van der Waals surface area contributed by atoms with E-state index in [0.29, 0.717) is 5.16 Å². The van der Waals surface area contributed by atoms with Gasteiger partial charge in [-0.2, -0.15) is 0 Å². The van der Waals surface area contributed by atoms with Gasteiger partial charge in [-0.3, -0.25) is 0 Å². The van der Waals surface area contributed by atoms with Gasteiger partial charge in [0, 0.05) is 20.7 Å². The Balaban J connectivity index is 0.00000144. The predicted molar refractivity (Wildman–Crippen MR) is 50.1 cm³/mol. The molecule has 1 heterocycles. The van der Waals surface area contributed by atoms with Gasteiger partial charge in [-0.05, 0) is 6.26 Å². The fourth-order valence-corrected chi connectivity index (χ4v) is 0.884. The van der Waals surface area contributed by atoms with E-state index < -0.39 is 5.83 Å². The topological polar surface area (TPSA) is 25.8 Å². The van der Waals surface area contributed by atoms with Gasteiger partial charge in [0.25, 0.3) is 0 Å². The first-order valence-corrected chi connectivity index (χ1v) is 4.20. The molecule has 0 aliphatic heterocycles. The average molecular weight is 193 g/mol. The minimum absolute atomic E-state index is 0. The zero-order chi connectivity index (χ0) is 9.19. The Labute approximate surface area is 79.2 Å². The molecule has 2 nitrogen and oxygen atoms in total. The Morgan fingerprint density at radius 1 is 1.64 bits per heavy atom. The molecule has 0 saturated carbocycles. The second kappa shape index (κ2) is 5.38. The third-order valence-electron chi connectivity index (χ3n) is 0.920. The highest BCUT2D eigenvalue weighted by atomic mass is 35.5. The molecule has 11 heavy (non-hydrogen) atoms. The lowest BCUT2D eigenvalue weighted by Crippen LogP contribution is -1.86. The van der Waals surface area contributed by atoms with Crippen molar-refractivity contribution in [3.8, 4) is 0 Å². The molecule has 0 atom stereocenters. The van der Waals surface area contributed by atoms with E-state index in [0.717, 1.165) is 0 Å². The maximum absolute atomic E-state index is 7.15. The monoisotopic (exact) mass is 192 g/mol. The van der Waals surface area contributed by atoms with Crippen LogP contribution in [0.3, 0.4) is 0 Å². The number of nitrogens with zero attached hydrogens (tertiary/aromatic N) is 2. The van der Waals surface area contributed by atoms with Crippen molar-refractivity contribution in [3.63, 3.8) is 0 Å². The van der Waals surface area contributed by atoms with E-state index in [1.165, 1.54) is 24.2 Å². The number of aromatic nitrogens is 2. The van der Waals surface area contributed by atoms with Gasteiger partial charge >= 0.3 is 0 Å². The fraction of sp³-hybridized carbons (Fsp3) is 0.429. The first-order valence-electron chi connectivity index (χ1n) is 3.59. The van der Waals surface area contributed by atoms with Crippen molar-refractivity contribution in [2.24, 2.45) is 0 Å². The highest BCUT2D eigenvalue weighted by Crippen LogP contribution is 2.07. The summed E-state index contributed by atoms with van der Waals surface area (Å²) in [5, 5.41) is 0.611. The van der Waals surface area contributed by atoms with Crippen LogP contribution in [-0.4, -0.2) is 16.2 Å². The van der Waals surface area contributed by atoms with Crippen molar-refractivity contribution >= 4 is 23.4 Å². The molecular formula is C7H11ClN2S. The number of thioether (sulfide) groups is 1. The molecule has 0 amide bonds. The molecule has 0 bridgehead atoms. The summed E-state index contributed by atoms with van der Waals surface area (Å²) in [5.74, 6) is -1.88. The molecule has 0 fully saturated rings. The zero-order valence-corrected chi connectivity index (χ0v) is 6.91. The average Bonchev–Trinajstić information content (AvgIpc) is 2.03. The molecule has 0 aliphatic carbocycles. The van der Waals surface area contributed by atoms with Crippen LogP contribution < -0.4 is 0 Å². The Morgan fingerprint density at radius 2 is 2.18 bits per heavy atom. The third-order valence-corrected chi connectivity index (χ3v) is 1.71. The van der Waals surface area contributed by atoms with Gasteiger partial charge in [0.05, 0.1) is 5.83 Å². The summed E-state index contributed by atoms with van der Waals surface area (Å²) >= 11 is 6.80. The summed E-state index contributed by atoms with van der Waals surface area (Å²) in [7, 11) is 0. The molecular weight excluding hydrogens is 180 g/mol. The predicted octanol–water partition coefficient (Wildman–Crippen LogP) is 2.57. The van der Waals surface area contributed by atoms with Gasteiger partial charge in [-0.15, -0.1) is 11.6 Å². The molecule has 0 N–H and O–H groups in total. The summed E-state index contributed by atoms with van der Waals surface area (Å²) < 4.78 is 14.3. The number of halogens is 1. The van der Waals surface area contributed by atoms with E-state index in [-0.39, 0.29) is 13.0 Å². The molecule has 0 spiro atoms. The van der Waals surface area contributed by atoms with Crippen molar-refractivity contribution in [3.05, 3.63) is 18.0 Å². The lowest BCUT2D eigenvalue weighted by Gasteiger charge is -1.94. The summed E-state index contributed by atoms with van der Waals surface area (Å²) in [6.07, 6.45) is 4.64. The summed E-state index contributed by atoms with van der Waals surface area (Å²) in [6, 6.07) is 0. The molecule has 1 aromatic heterocycles. The quantitative estimate of drug-likeness (QED) is 0.409. The van der Waals surface area contributed by atoms with E-state index in [1.54, 1.807) is 0 Å². The smallest absolute Gasteiger partial charge is 0.187 e. The van der Waals surface area contributed by atoms with Gasteiger partial charge in [-0.25, -0.2) is 9.97 Å². The third kappa shape index (κ3) is 3.08. The Hall–Kier alpha value is -0.280. The second-order valence-electron chi connectivity index (χ2n) is 1.55. The van der Waals surface area contributed by atoms with Crippen LogP contribution in [0.2, 0.25) is 0 Å². The van der Waals surface area contributed by atoms with Crippen LogP contribution in [0.4, 0.5) is 0 Å². The normalized spacial score (nSPS) is 12.9. The van der Waals surface area contributed by atoms with Crippen LogP contribution in [-0.2, 0) is 5.83 Å². The first kappa shape index (κ1) is 7.37. The lowest BCUT2D eigenvalue weighted by molar-refractivity contribution is 0.949. The van der Waals surface area contributed by atoms with Crippen molar-refractivity contribution in [2.45, 2.75) is 18.4 Å². The second-order valence-corrected chi connectivity index (χ2v) is 2.52. The molecule has 4 heteroatoms. The minimum Gasteiger partial charge on any atom is -0.231 e. The van der Waals surface area contributed by atoms with E-state index in [4.69, 9.17) is 14.3 Å². The van der Waals surface area contributed by atoms with Crippen molar-refractivity contribution in [2.75, 3.05) is 6.26 Å². The molecule has 0 radical (unpaired) electrons. The van der Waals surface area contributed by atoms with E-state index in [2.05, 4.69) is 9.97 Å². The standard InChI is InChI=1S/C6H7ClN2S.CH4/c1-10-6-8-3-5(2-7)4-9-6;/h3-4H,2H2,1H3;1H4/i2D2;. The van der Waals surface area contributed by atoms with Gasteiger partial charge in [0.2, 0.25) is 0 Å². The Bertz CT molecular complexity index is 260. The van der Waals surface area contributed by atoms with Crippen molar-refractivity contribution in [1.29, 1.82) is 0 Å². The molecule has 1 aromatic rings. The SMILES string of the molecule is C.[2H]C([2H])(Cl)c1cnc(SC)nc1. The Morgan fingerprint density at radius 3 is 2.55 bits per heavy atom. The van der Waals surface area contributed by atoms with Crippen LogP contribution in [0, 0.1) is 0 Å². The summed E-state index contributed by atoms with van der Waals surface area (Å²) in [5.41, 5.74) is 0.280. The van der Waals surface area contributed by atoms with Crippen molar-refractivity contribution < 1.29 is 2.74 Å². The largest absolute Gasteiger partial charge is 0.231 e. The van der Waals surface area contributed by atoms with Crippen LogP contribution in [0.5, 0.6) is 0 Å². The Kier molecular flexibility index (Phi) is 3.61. The van der Waals surface area contributed by atoms with Crippen LogP contribution in [0.15, 0.2) is 17.6 Å². The maximum atomic E-state index is 7.15. The first-order chi connectivity index (χ1) is 5.54. The number of rotatable bonds is 2. The van der Waals surface area contributed by atoms with Gasteiger partial charge in [-0.1, -0.05) is 19.2 Å². The van der Waals surface area contributed by atoms with Crippen molar-refractivity contribution in [1.82, 2.24) is 9.97 Å². The van der Waals surface area contributed by atoms with E-state index in [9.17, 15) is 0 Å². The molecule has 0 aromatic carbocycles. The number of hydrogen-bond donors (Lipinski definition) is 0. The van der Waals surface area contributed by atoms with E-state index in [1.807, 2.05) is 6.26 Å². The van der Waals surface area contributed by atoms with Gasteiger partial charge in [0.1, 0.15) is 0 Å². The van der Waals surface area contributed by atoms with Gasteiger partial charge < -0.3 is 0 Å². The number of hydrogen-bond acceptors (Lipinski definition) is 3. The summed E-state index contributed by atoms with van der Waals surface area (Å²) in [6.45, 7) is 0. The van der Waals surface area contributed by atoms with E-state index >= 15 is 0 Å². The lowest BCUT2D eigenvalue weighted by atomic mass is 10.4.